The first-order valence-corrected chi connectivity index (χ1v) is 8.39. The Balaban J connectivity index is 1.80. The van der Waals surface area contributed by atoms with Gasteiger partial charge in [-0.1, -0.05) is 36.4 Å². The van der Waals surface area contributed by atoms with Crippen LogP contribution in [0.5, 0.6) is 5.75 Å². The number of hydrogen-bond donors (Lipinski definition) is 0. The molecule has 0 radical (unpaired) electrons. The van der Waals surface area contributed by atoms with Crippen LogP contribution in [0.25, 0.3) is 11.6 Å². The van der Waals surface area contributed by atoms with E-state index in [2.05, 4.69) is 6.07 Å². The fraction of sp³-hybridized carbons (Fsp3) is 0.0455. The second kappa shape index (κ2) is 8.60. The molecule has 28 heavy (non-hydrogen) atoms. The zero-order valence-electron chi connectivity index (χ0n) is 14.7. The highest BCUT2D eigenvalue weighted by molar-refractivity contribution is 5.90. The fourth-order valence-corrected chi connectivity index (χ4v) is 2.58. The van der Waals surface area contributed by atoms with Gasteiger partial charge >= 0.3 is 0 Å². The molecular weight excluding hydrogens is 359 g/mol. The number of rotatable bonds is 6. The van der Waals surface area contributed by atoms with E-state index in [-0.39, 0.29) is 18.1 Å². The second-order valence-corrected chi connectivity index (χ2v) is 5.96. The van der Waals surface area contributed by atoms with E-state index in [9.17, 15) is 19.8 Å². The Morgan fingerprint density at radius 3 is 2.57 bits per heavy atom. The van der Waals surface area contributed by atoms with Gasteiger partial charge in [0, 0.05) is 12.1 Å². The molecule has 0 unspecified atom stereocenters. The summed E-state index contributed by atoms with van der Waals surface area (Å²) in [6.07, 6.45) is 1.64. The molecule has 0 heterocycles. The minimum Gasteiger partial charge on any atom is -0.489 e. The zero-order valence-corrected chi connectivity index (χ0v) is 14.7. The van der Waals surface area contributed by atoms with Crippen molar-refractivity contribution < 1.29 is 14.1 Å². The van der Waals surface area contributed by atoms with Crippen LogP contribution in [0, 0.1) is 27.3 Å². The van der Waals surface area contributed by atoms with E-state index in [1.807, 2.05) is 0 Å². The Labute approximate surface area is 161 Å². The molecule has 0 aliphatic rings. The van der Waals surface area contributed by atoms with Gasteiger partial charge < -0.3 is 4.74 Å². The summed E-state index contributed by atoms with van der Waals surface area (Å²) in [7, 11) is 0. The molecule has 0 atom stereocenters. The topological polar surface area (TPSA) is 76.2 Å². The second-order valence-electron chi connectivity index (χ2n) is 5.96. The van der Waals surface area contributed by atoms with Crippen molar-refractivity contribution in [3.8, 4) is 11.8 Å². The number of nitriles is 1. The predicted octanol–water partition coefficient (Wildman–Crippen LogP) is 5.38. The Hall–Kier alpha value is -3.98. The number of hydrogen-bond acceptors (Lipinski definition) is 4. The summed E-state index contributed by atoms with van der Waals surface area (Å²) in [4.78, 5) is 10.4. The molecule has 6 heteroatoms. The van der Waals surface area contributed by atoms with Crippen molar-refractivity contribution >= 4 is 17.3 Å². The molecule has 0 saturated heterocycles. The first kappa shape index (κ1) is 18.8. The molecular formula is C22H15FN2O3. The van der Waals surface area contributed by atoms with Crippen molar-refractivity contribution in [2.45, 2.75) is 6.61 Å². The van der Waals surface area contributed by atoms with Crippen LogP contribution >= 0.6 is 0 Å². The van der Waals surface area contributed by atoms with Crippen LogP contribution in [0.3, 0.4) is 0 Å². The quantitative estimate of drug-likeness (QED) is 0.251. The van der Waals surface area contributed by atoms with Gasteiger partial charge in [-0.25, -0.2) is 4.39 Å². The largest absolute Gasteiger partial charge is 0.489 e. The number of non-ortho nitro benzene ring substituents is 1. The number of nitro groups is 1. The van der Waals surface area contributed by atoms with Crippen LogP contribution in [0.15, 0.2) is 72.8 Å². The summed E-state index contributed by atoms with van der Waals surface area (Å²) in [6.45, 7) is 0.281. The Bertz CT molecular complexity index is 1070. The Morgan fingerprint density at radius 1 is 1.11 bits per heavy atom. The van der Waals surface area contributed by atoms with Gasteiger partial charge in [0.05, 0.1) is 16.6 Å². The van der Waals surface area contributed by atoms with E-state index >= 15 is 0 Å². The minimum absolute atomic E-state index is 0.0740. The molecule has 0 N–H and O–H groups in total. The standard InChI is InChI=1S/C22H15FN2O3/c23-20-9-7-16(8-10-20)15-28-22-6-1-3-17(12-22)11-19(14-24)18-4-2-5-21(13-18)25(26)27/h1-13H,15H2. The monoisotopic (exact) mass is 374 g/mol. The van der Waals surface area contributed by atoms with Crippen molar-refractivity contribution in [2.75, 3.05) is 0 Å². The van der Waals surface area contributed by atoms with Crippen molar-refractivity contribution in [3.63, 3.8) is 0 Å². The normalized spacial score (nSPS) is 10.9. The highest BCUT2D eigenvalue weighted by Crippen LogP contribution is 2.24. The molecule has 3 aromatic carbocycles. The Morgan fingerprint density at radius 2 is 1.86 bits per heavy atom. The van der Waals surface area contributed by atoms with E-state index in [0.29, 0.717) is 16.9 Å². The summed E-state index contributed by atoms with van der Waals surface area (Å²) in [5, 5.41) is 20.4. The van der Waals surface area contributed by atoms with Crippen molar-refractivity contribution in [2.24, 2.45) is 0 Å². The number of ether oxygens (including phenoxy) is 1. The zero-order chi connectivity index (χ0) is 19.9. The molecule has 0 aliphatic carbocycles. The lowest BCUT2D eigenvalue weighted by Gasteiger charge is -2.07. The van der Waals surface area contributed by atoms with Crippen LogP contribution in [-0.2, 0) is 6.61 Å². The average Bonchev–Trinajstić information content (AvgIpc) is 2.72. The molecule has 3 rings (SSSR count). The van der Waals surface area contributed by atoms with Gasteiger partial charge in [-0.15, -0.1) is 0 Å². The molecule has 5 nitrogen and oxygen atoms in total. The summed E-state index contributed by atoms with van der Waals surface area (Å²) < 4.78 is 18.7. The van der Waals surface area contributed by atoms with E-state index in [1.165, 1.54) is 24.3 Å². The van der Waals surface area contributed by atoms with Crippen LogP contribution < -0.4 is 4.74 Å². The molecule has 0 aliphatic heterocycles. The highest BCUT2D eigenvalue weighted by Gasteiger charge is 2.09. The smallest absolute Gasteiger partial charge is 0.270 e. The van der Waals surface area contributed by atoms with Gasteiger partial charge in [0.2, 0.25) is 0 Å². The highest BCUT2D eigenvalue weighted by atomic mass is 19.1. The number of nitrogens with zero attached hydrogens (tertiary/aromatic N) is 2. The maximum absolute atomic E-state index is 13.0. The minimum atomic E-state index is -0.498. The number of halogens is 1. The SMILES string of the molecule is N#CC(=Cc1cccc(OCc2ccc(F)cc2)c1)c1cccc([N+](=O)[O-])c1. The predicted molar refractivity (Wildman–Crippen MR) is 104 cm³/mol. The van der Waals surface area contributed by atoms with E-state index in [4.69, 9.17) is 4.74 Å². The summed E-state index contributed by atoms with van der Waals surface area (Å²) >= 11 is 0. The lowest BCUT2D eigenvalue weighted by Crippen LogP contribution is -1.95. The Kier molecular flexibility index (Phi) is 5.78. The van der Waals surface area contributed by atoms with Gasteiger partial charge in [0.15, 0.2) is 0 Å². The molecule has 0 spiro atoms. The van der Waals surface area contributed by atoms with Crippen LogP contribution in [0.4, 0.5) is 10.1 Å². The molecule has 0 saturated carbocycles. The van der Waals surface area contributed by atoms with E-state index < -0.39 is 4.92 Å². The summed E-state index contributed by atoms with van der Waals surface area (Å²) in [5.74, 6) is 0.287. The van der Waals surface area contributed by atoms with Gasteiger partial charge in [-0.05, 0) is 47.0 Å². The number of benzene rings is 3. The molecule has 0 bridgehead atoms. The molecule has 3 aromatic rings. The lowest BCUT2D eigenvalue weighted by molar-refractivity contribution is -0.384. The third kappa shape index (κ3) is 4.80. The van der Waals surface area contributed by atoms with Crippen LogP contribution in [0.2, 0.25) is 0 Å². The molecule has 138 valence electrons. The van der Waals surface area contributed by atoms with Gasteiger partial charge in [-0.2, -0.15) is 5.26 Å². The number of nitro benzene ring substituents is 1. The van der Waals surface area contributed by atoms with Crippen molar-refractivity contribution in [1.29, 1.82) is 5.26 Å². The molecule has 0 amide bonds. The van der Waals surface area contributed by atoms with Gasteiger partial charge in [0.1, 0.15) is 18.2 Å². The average molecular weight is 374 g/mol. The van der Waals surface area contributed by atoms with Crippen LogP contribution in [-0.4, -0.2) is 4.92 Å². The van der Waals surface area contributed by atoms with Crippen molar-refractivity contribution in [3.05, 3.63) is 105 Å². The third-order valence-corrected chi connectivity index (χ3v) is 3.98. The maximum Gasteiger partial charge on any atom is 0.270 e. The third-order valence-electron chi connectivity index (χ3n) is 3.98. The first-order valence-electron chi connectivity index (χ1n) is 8.39. The van der Waals surface area contributed by atoms with E-state index in [1.54, 1.807) is 54.6 Å². The van der Waals surface area contributed by atoms with Crippen molar-refractivity contribution in [1.82, 2.24) is 0 Å². The summed E-state index contributed by atoms with van der Waals surface area (Å²) in [6, 6.07) is 21.2. The van der Waals surface area contributed by atoms with Gasteiger partial charge in [-0.3, -0.25) is 10.1 Å². The first-order chi connectivity index (χ1) is 13.5. The lowest BCUT2D eigenvalue weighted by atomic mass is 10.0. The number of allylic oxidation sites excluding steroid dienone is 1. The van der Waals surface area contributed by atoms with Gasteiger partial charge in [0.25, 0.3) is 5.69 Å². The summed E-state index contributed by atoms with van der Waals surface area (Å²) in [5.41, 5.74) is 2.25. The maximum atomic E-state index is 13.0. The van der Waals surface area contributed by atoms with Crippen LogP contribution in [0.1, 0.15) is 16.7 Å². The molecule has 0 aromatic heterocycles. The molecule has 0 fully saturated rings. The fourth-order valence-electron chi connectivity index (χ4n) is 2.58. The van der Waals surface area contributed by atoms with E-state index in [0.717, 1.165) is 11.1 Å².